The maximum Gasteiger partial charge on any atom is 0.178 e. The van der Waals surface area contributed by atoms with Gasteiger partial charge >= 0.3 is 0 Å². The summed E-state index contributed by atoms with van der Waals surface area (Å²) in [4.78, 5) is 0.502. The van der Waals surface area contributed by atoms with Crippen molar-refractivity contribution in [3.05, 3.63) is 28.2 Å². The second-order valence-corrected chi connectivity index (χ2v) is 7.59. The Morgan fingerprint density at radius 2 is 2.00 bits per heavy atom. The first kappa shape index (κ1) is 11.1. The minimum absolute atomic E-state index is 0.0512. The minimum Gasteiger partial charge on any atom is -0.224 e. The zero-order valence-electron chi connectivity index (χ0n) is 8.75. The van der Waals surface area contributed by atoms with E-state index in [2.05, 4.69) is 29.8 Å². The average Bonchev–Trinajstić information content (AvgIpc) is 2.13. The first-order valence-electron chi connectivity index (χ1n) is 4.86. The van der Waals surface area contributed by atoms with E-state index in [0.29, 0.717) is 11.3 Å². The standard InChI is InChI=1S/C11H13BrO2S/c1-11(2)5-6-15(13,14)10-4-3-8(12)7-9(10)11/h3-4,7H,5-6H2,1-2H3. The van der Waals surface area contributed by atoms with E-state index < -0.39 is 9.84 Å². The van der Waals surface area contributed by atoms with Gasteiger partial charge in [-0.25, -0.2) is 8.42 Å². The Morgan fingerprint density at radius 1 is 1.33 bits per heavy atom. The maximum absolute atomic E-state index is 11.9. The molecule has 0 radical (unpaired) electrons. The van der Waals surface area contributed by atoms with Gasteiger partial charge in [0.15, 0.2) is 9.84 Å². The molecule has 2 rings (SSSR count). The minimum atomic E-state index is -3.05. The summed E-state index contributed by atoms with van der Waals surface area (Å²) in [6.45, 7) is 4.18. The Balaban J connectivity index is 2.76. The van der Waals surface area contributed by atoms with Gasteiger partial charge in [-0.3, -0.25) is 0 Å². The lowest BCUT2D eigenvalue weighted by molar-refractivity contribution is 0.472. The highest BCUT2D eigenvalue weighted by molar-refractivity contribution is 9.10. The van der Waals surface area contributed by atoms with Crippen molar-refractivity contribution in [3.8, 4) is 0 Å². The van der Waals surface area contributed by atoms with E-state index in [9.17, 15) is 8.42 Å². The van der Waals surface area contributed by atoms with E-state index in [4.69, 9.17) is 0 Å². The molecule has 0 aliphatic carbocycles. The molecule has 0 amide bonds. The van der Waals surface area contributed by atoms with Crippen LogP contribution >= 0.6 is 15.9 Å². The molecule has 1 aliphatic heterocycles. The molecule has 1 aliphatic rings. The van der Waals surface area contributed by atoms with Crippen LogP contribution in [0.25, 0.3) is 0 Å². The van der Waals surface area contributed by atoms with Crippen LogP contribution in [0.1, 0.15) is 25.8 Å². The fraction of sp³-hybridized carbons (Fsp3) is 0.455. The van der Waals surface area contributed by atoms with Crippen LogP contribution in [0.15, 0.2) is 27.6 Å². The molecule has 0 atom stereocenters. The lowest BCUT2D eigenvalue weighted by atomic mass is 9.82. The summed E-state index contributed by atoms with van der Waals surface area (Å²) in [5.74, 6) is 0.259. The molecular formula is C11H13BrO2S. The van der Waals surface area contributed by atoms with Gasteiger partial charge in [0.2, 0.25) is 0 Å². The van der Waals surface area contributed by atoms with Crippen molar-refractivity contribution in [2.75, 3.05) is 5.75 Å². The molecule has 1 aromatic carbocycles. The molecule has 0 saturated carbocycles. The molecule has 0 unspecified atom stereocenters. The van der Waals surface area contributed by atoms with Crippen LogP contribution < -0.4 is 0 Å². The number of hydrogen-bond acceptors (Lipinski definition) is 2. The van der Waals surface area contributed by atoms with Crippen molar-refractivity contribution in [2.24, 2.45) is 0 Å². The molecule has 0 aromatic heterocycles. The Hall–Kier alpha value is -0.350. The topological polar surface area (TPSA) is 34.1 Å². The molecule has 1 heterocycles. The SMILES string of the molecule is CC1(C)CCS(=O)(=O)c2ccc(Br)cc21. The lowest BCUT2D eigenvalue weighted by Gasteiger charge is -2.32. The highest BCUT2D eigenvalue weighted by Gasteiger charge is 2.35. The zero-order chi connectivity index (χ0) is 11.3. The number of sulfone groups is 1. The number of hydrogen-bond donors (Lipinski definition) is 0. The number of fused-ring (bicyclic) bond motifs is 1. The quantitative estimate of drug-likeness (QED) is 0.736. The van der Waals surface area contributed by atoms with E-state index in [-0.39, 0.29) is 11.2 Å². The first-order valence-corrected chi connectivity index (χ1v) is 7.30. The maximum atomic E-state index is 11.9. The van der Waals surface area contributed by atoms with Crippen LogP contribution in [-0.4, -0.2) is 14.2 Å². The third-order valence-corrected chi connectivity index (χ3v) is 5.26. The highest BCUT2D eigenvalue weighted by Crippen LogP contribution is 2.39. The van der Waals surface area contributed by atoms with Gasteiger partial charge in [-0.15, -0.1) is 0 Å². The van der Waals surface area contributed by atoms with Gasteiger partial charge in [-0.2, -0.15) is 0 Å². The second kappa shape index (κ2) is 3.32. The van der Waals surface area contributed by atoms with Crippen LogP contribution in [-0.2, 0) is 15.3 Å². The van der Waals surface area contributed by atoms with E-state index in [1.165, 1.54) is 0 Å². The van der Waals surface area contributed by atoms with Crippen molar-refractivity contribution >= 4 is 25.8 Å². The Labute approximate surface area is 98.7 Å². The van der Waals surface area contributed by atoms with Crippen LogP contribution in [0, 0.1) is 0 Å². The molecule has 82 valence electrons. The Kier molecular flexibility index (Phi) is 2.47. The molecule has 0 fully saturated rings. The molecule has 0 bridgehead atoms. The van der Waals surface area contributed by atoms with Crippen molar-refractivity contribution in [3.63, 3.8) is 0 Å². The largest absolute Gasteiger partial charge is 0.224 e. The van der Waals surface area contributed by atoms with Crippen LogP contribution in [0.3, 0.4) is 0 Å². The highest BCUT2D eigenvalue weighted by atomic mass is 79.9. The fourth-order valence-corrected chi connectivity index (χ4v) is 4.24. The van der Waals surface area contributed by atoms with Gasteiger partial charge in [0, 0.05) is 4.47 Å². The molecule has 0 N–H and O–H groups in total. The fourth-order valence-electron chi connectivity index (χ4n) is 1.94. The molecule has 15 heavy (non-hydrogen) atoms. The number of rotatable bonds is 0. The summed E-state index contributed by atoms with van der Waals surface area (Å²) in [5.41, 5.74) is 0.882. The molecule has 0 spiro atoms. The van der Waals surface area contributed by atoms with E-state index in [0.717, 1.165) is 10.0 Å². The smallest absolute Gasteiger partial charge is 0.178 e. The van der Waals surface area contributed by atoms with Crippen LogP contribution in [0.4, 0.5) is 0 Å². The van der Waals surface area contributed by atoms with Gasteiger partial charge in [0.25, 0.3) is 0 Å². The predicted molar refractivity (Wildman–Crippen MR) is 63.8 cm³/mol. The normalized spacial score (nSPS) is 22.1. The summed E-state index contributed by atoms with van der Waals surface area (Å²) < 4.78 is 24.7. The van der Waals surface area contributed by atoms with Crippen molar-refractivity contribution in [1.82, 2.24) is 0 Å². The lowest BCUT2D eigenvalue weighted by Crippen LogP contribution is -2.30. The third kappa shape index (κ3) is 1.85. The number of halogens is 1. The van der Waals surface area contributed by atoms with Gasteiger partial charge in [-0.1, -0.05) is 29.8 Å². The van der Waals surface area contributed by atoms with E-state index in [1.54, 1.807) is 12.1 Å². The van der Waals surface area contributed by atoms with Crippen LogP contribution in [0.5, 0.6) is 0 Å². The Morgan fingerprint density at radius 3 is 2.67 bits per heavy atom. The van der Waals surface area contributed by atoms with Crippen LogP contribution in [0.2, 0.25) is 0 Å². The summed E-state index contributed by atoms with van der Waals surface area (Å²) in [6, 6.07) is 5.42. The zero-order valence-corrected chi connectivity index (χ0v) is 11.2. The average molecular weight is 289 g/mol. The van der Waals surface area contributed by atoms with Gasteiger partial charge < -0.3 is 0 Å². The summed E-state index contributed by atoms with van der Waals surface area (Å²) in [5, 5.41) is 0. The van der Waals surface area contributed by atoms with Gasteiger partial charge in [0.05, 0.1) is 10.6 Å². The van der Waals surface area contributed by atoms with Crippen molar-refractivity contribution in [1.29, 1.82) is 0 Å². The predicted octanol–water partition coefficient (Wildman–Crippen LogP) is 2.90. The van der Waals surface area contributed by atoms with Gasteiger partial charge in [0.1, 0.15) is 0 Å². The third-order valence-electron chi connectivity index (χ3n) is 3.00. The summed E-state index contributed by atoms with van der Waals surface area (Å²) >= 11 is 3.38. The van der Waals surface area contributed by atoms with Crippen molar-refractivity contribution < 1.29 is 8.42 Å². The molecule has 4 heteroatoms. The molecule has 1 aromatic rings. The van der Waals surface area contributed by atoms with E-state index in [1.807, 2.05) is 6.07 Å². The summed E-state index contributed by atoms with van der Waals surface area (Å²) in [6.07, 6.45) is 0.693. The van der Waals surface area contributed by atoms with Crippen molar-refractivity contribution in [2.45, 2.75) is 30.6 Å². The second-order valence-electron chi connectivity index (χ2n) is 4.59. The van der Waals surface area contributed by atoms with Gasteiger partial charge in [-0.05, 0) is 35.6 Å². The molecule has 2 nitrogen and oxygen atoms in total. The Bertz CT molecular complexity index is 503. The summed E-state index contributed by atoms with van der Waals surface area (Å²) in [7, 11) is -3.05. The van der Waals surface area contributed by atoms with E-state index >= 15 is 0 Å². The molecule has 0 saturated heterocycles. The molecular weight excluding hydrogens is 276 g/mol. The number of benzene rings is 1. The monoisotopic (exact) mass is 288 g/mol. The first-order chi connectivity index (χ1) is 6.83.